The van der Waals surface area contributed by atoms with E-state index in [0.717, 1.165) is 38.6 Å². The molecule has 6 nitrogen and oxygen atoms in total. The van der Waals surface area contributed by atoms with Gasteiger partial charge in [-0.15, -0.1) is 0 Å². The molecular weight excluding hydrogens is 461 g/mol. The highest BCUT2D eigenvalue weighted by atomic mass is 31.2. The van der Waals surface area contributed by atoms with E-state index in [0.29, 0.717) is 6.42 Å². The summed E-state index contributed by atoms with van der Waals surface area (Å²) in [5, 5.41) is 2.07. The molecule has 2 unspecified atom stereocenters. The number of hydrogen-bond acceptors (Lipinski definition) is 4. The number of phosphoric ester groups is 1. The maximum absolute atomic E-state index is 12.1. The van der Waals surface area contributed by atoms with Gasteiger partial charge in [0.25, 0.3) is 0 Å². The van der Waals surface area contributed by atoms with Gasteiger partial charge in [-0.1, -0.05) is 110 Å². The summed E-state index contributed by atoms with van der Waals surface area (Å²) in [7, 11) is -2.04. The SMILES string of the molecule is CCCCCCCCCCCCCCCCCCC(COP(=O)(O)OCCCC[NH2+]C)CC(C)=O. The van der Waals surface area contributed by atoms with E-state index in [1.807, 2.05) is 7.05 Å². The number of Topliss-reactive ketones (excluding diaryl/α,β-unsaturated/α-hetero) is 1. The van der Waals surface area contributed by atoms with Crippen molar-refractivity contribution in [3.63, 3.8) is 0 Å². The van der Waals surface area contributed by atoms with Crippen LogP contribution in [-0.4, -0.2) is 37.5 Å². The van der Waals surface area contributed by atoms with Crippen LogP contribution >= 0.6 is 7.82 Å². The quantitative estimate of drug-likeness (QED) is 0.0832. The topological polar surface area (TPSA) is 89.4 Å². The average molecular weight is 521 g/mol. The Labute approximate surface area is 217 Å². The molecule has 0 aliphatic carbocycles. The van der Waals surface area contributed by atoms with Crippen LogP contribution in [0.1, 0.15) is 142 Å². The van der Waals surface area contributed by atoms with Crippen molar-refractivity contribution in [2.45, 2.75) is 142 Å². The molecule has 0 bridgehead atoms. The molecule has 0 aliphatic heterocycles. The number of carbonyl (C=O) groups is 1. The molecule has 0 saturated heterocycles. The Bertz CT molecular complexity index is 518. The molecule has 0 aromatic heterocycles. The summed E-state index contributed by atoms with van der Waals surface area (Å²) in [6, 6.07) is 0. The molecule has 0 spiro atoms. The summed E-state index contributed by atoms with van der Waals surface area (Å²) in [6.45, 7) is 5.14. The van der Waals surface area contributed by atoms with E-state index in [4.69, 9.17) is 9.05 Å². The van der Waals surface area contributed by atoms with Crippen LogP contribution < -0.4 is 5.32 Å². The monoisotopic (exact) mass is 520 g/mol. The van der Waals surface area contributed by atoms with Crippen LogP contribution in [0.3, 0.4) is 0 Å². The zero-order chi connectivity index (χ0) is 26.0. The molecule has 7 heteroatoms. The first-order valence-corrected chi connectivity index (χ1v) is 16.3. The number of rotatable bonds is 28. The van der Waals surface area contributed by atoms with Gasteiger partial charge in [0.1, 0.15) is 5.78 Å². The predicted octanol–water partition coefficient (Wildman–Crippen LogP) is 7.34. The van der Waals surface area contributed by atoms with E-state index in [-0.39, 0.29) is 24.9 Å². The van der Waals surface area contributed by atoms with Gasteiger partial charge in [-0.25, -0.2) is 4.57 Å². The van der Waals surface area contributed by atoms with E-state index in [1.54, 1.807) is 6.92 Å². The molecular formula is C28H59NO5P+. The normalized spacial score (nSPS) is 14.2. The Hall–Kier alpha value is -0.260. The molecule has 0 aromatic carbocycles. The third-order valence-corrected chi connectivity index (χ3v) is 7.64. The van der Waals surface area contributed by atoms with Crippen molar-refractivity contribution in [1.29, 1.82) is 0 Å². The smallest absolute Gasteiger partial charge is 0.349 e. The second kappa shape index (κ2) is 25.4. The second-order valence-corrected chi connectivity index (χ2v) is 11.8. The number of ketones is 1. The van der Waals surface area contributed by atoms with Gasteiger partial charge in [0.15, 0.2) is 0 Å². The Balaban J connectivity index is 3.72. The number of quaternary nitrogens is 1. The van der Waals surface area contributed by atoms with Crippen LogP contribution in [0.15, 0.2) is 0 Å². The van der Waals surface area contributed by atoms with Crippen molar-refractivity contribution < 1.29 is 28.6 Å². The molecule has 0 aliphatic rings. The molecule has 0 saturated carbocycles. The maximum Gasteiger partial charge on any atom is 0.472 e. The van der Waals surface area contributed by atoms with Gasteiger partial charge < -0.3 is 15.0 Å². The molecule has 0 amide bonds. The molecule has 0 fully saturated rings. The molecule has 2 atom stereocenters. The molecule has 0 heterocycles. The van der Waals surface area contributed by atoms with Crippen LogP contribution in [0.25, 0.3) is 0 Å². The number of phosphoric acid groups is 1. The Morgan fingerprint density at radius 1 is 0.771 bits per heavy atom. The lowest BCUT2D eigenvalue weighted by Crippen LogP contribution is -2.79. The van der Waals surface area contributed by atoms with Gasteiger partial charge in [0.05, 0.1) is 26.8 Å². The van der Waals surface area contributed by atoms with Crippen LogP contribution in [0, 0.1) is 5.92 Å². The largest absolute Gasteiger partial charge is 0.472 e. The lowest BCUT2D eigenvalue weighted by atomic mass is 9.96. The lowest BCUT2D eigenvalue weighted by Gasteiger charge is -2.18. The van der Waals surface area contributed by atoms with Gasteiger partial charge in [-0.05, 0) is 32.1 Å². The molecule has 35 heavy (non-hydrogen) atoms. The zero-order valence-corrected chi connectivity index (χ0v) is 24.3. The third kappa shape index (κ3) is 26.6. The fourth-order valence-corrected chi connectivity index (χ4v) is 5.33. The van der Waals surface area contributed by atoms with Crippen molar-refractivity contribution in [3.05, 3.63) is 0 Å². The maximum atomic E-state index is 12.1. The Kier molecular flexibility index (Phi) is 25.2. The summed E-state index contributed by atoms with van der Waals surface area (Å²) >= 11 is 0. The molecule has 0 aromatic rings. The minimum Gasteiger partial charge on any atom is -0.349 e. The van der Waals surface area contributed by atoms with E-state index in [9.17, 15) is 14.3 Å². The Morgan fingerprint density at radius 2 is 1.26 bits per heavy atom. The first-order chi connectivity index (χ1) is 16.9. The highest BCUT2D eigenvalue weighted by Crippen LogP contribution is 2.44. The van der Waals surface area contributed by atoms with Crippen molar-refractivity contribution in [1.82, 2.24) is 0 Å². The number of unbranched alkanes of at least 4 members (excludes halogenated alkanes) is 16. The van der Waals surface area contributed by atoms with Crippen molar-refractivity contribution in [3.8, 4) is 0 Å². The van der Waals surface area contributed by atoms with Gasteiger partial charge in [0.2, 0.25) is 0 Å². The number of hydrogen-bond donors (Lipinski definition) is 2. The van der Waals surface area contributed by atoms with Crippen molar-refractivity contribution >= 4 is 13.6 Å². The predicted molar refractivity (Wildman–Crippen MR) is 147 cm³/mol. The lowest BCUT2D eigenvalue weighted by molar-refractivity contribution is -0.627. The van der Waals surface area contributed by atoms with Gasteiger partial charge in [0, 0.05) is 6.42 Å². The summed E-state index contributed by atoms with van der Waals surface area (Å²) in [6.07, 6.45) is 24.2. The highest BCUT2D eigenvalue weighted by Gasteiger charge is 2.23. The summed E-state index contributed by atoms with van der Waals surface area (Å²) < 4.78 is 22.3. The minimum absolute atomic E-state index is 0.0158. The van der Waals surface area contributed by atoms with Gasteiger partial charge >= 0.3 is 7.82 Å². The molecule has 0 radical (unpaired) electrons. The second-order valence-electron chi connectivity index (χ2n) is 10.4. The Morgan fingerprint density at radius 3 is 1.71 bits per heavy atom. The van der Waals surface area contributed by atoms with Crippen LogP contribution in [0.5, 0.6) is 0 Å². The minimum atomic E-state index is -4.04. The van der Waals surface area contributed by atoms with E-state index < -0.39 is 7.82 Å². The summed E-state index contributed by atoms with van der Waals surface area (Å²) in [5.74, 6) is 0.0810. The van der Waals surface area contributed by atoms with Crippen LogP contribution in [0.4, 0.5) is 0 Å². The molecule has 210 valence electrons. The van der Waals surface area contributed by atoms with E-state index in [2.05, 4.69) is 12.2 Å². The molecule has 0 rings (SSSR count). The fourth-order valence-electron chi connectivity index (χ4n) is 4.50. The summed E-state index contributed by atoms with van der Waals surface area (Å²) in [5.41, 5.74) is 0. The van der Waals surface area contributed by atoms with Crippen molar-refractivity contribution in [2.24, 2.45) is 5.92 Å². The number of carbonyl (C=O) groups excluding carboxylic acids is 1. The third-order valence-electron chi connectivity index (χ3n) is 6.66. The zero-order valence-electron chi connectivity index (χ0n) is 23.4. The van der Waals surface area contributed by atoms with E-state index >= 15 is 0 Å². The highest BCUT2D eigenvalue weighted by molar-refractivity contribution is 7.47. The van der Waals surface area contributed by atoms with Crippen molar-refractivity contribution in [2.75, 3.05) is 26.8 Å². The molecule has 3 N–H and O–H groups in total. The van der Waals surface area contributed by atoms with E-state index in [1.165, 1.54) is 89.9 Å². The standard InChI is InChI=1S/C28H58NO5P/c1-4-5-6-7-8-9-10-11-12-13-14-15-16-17-18-19-22-28(25-27(2)30)26-34-35(31,32)33-24-21-20-23-29-3/h28-29H,4-26H2,1-3H3,(H,31,32)/p+1. The van der Waals surface area contributed by atoms with Crippen LogP contribution in [0.2, 0.25) is 0 Å². The number of nitrogens with two attached hydrogens (primary N) is 1. The van der Waals surface area contributed by atoms with Crippen LogP contribution in [-0.2, 0) is 18.4 Å². The van der Waals surface area contributed by atoms with Gasteiger partial charge in [-0.2, -0.15) is 0 Å². The average Bonchev–Trinajstić information content (AvgIpc) is 2.81. The first-order valence-electron chi connectivity index (χ1n) is 14.8. The van der Waals surface area contributed by atoms with Gasteiger partial charge in [-0.3, -0.25) is 9.05 Å². The summed E-state index contributed by atoms with van der Waals surface area (Å²) in [4.78, 5) is 21.5. The fraction of sp³-hybridized carbons (Fsp3) is 0.964. The first kappa shape index (κ1) is 34.7.